The number of hydrogen-bond donors (Lipinski definition) is 1. The molecular weight excluding hydrogens is 479 g/mol. The van der Waals surface area contributed by atoms with Crippen molar-refractivity contribution >= 4 is 47.4 Å². The van der Waals surface area contributed by atoms with Crippen LogP contribution in [0.1, 0.15) is 26.2 Å². The van der Waals surface area contributed by atoms with E-state index in [-0.39, 0.29) is 29.9 Å². The first-order valence-corrected chi connectivity index (χ1v) is 9.63. The fourth-order valence-corrected chi connectivity index (χ4v) is 2.92. The molecule has 1 aliphatic heterocycles. The predicted octanol–water partition coefficient (Wildman–Crippen LogP) is 3.25. The van der Waals surface area contributed by atoms with Gasteiger partial charge in [-0.25, -0.2) is 0 Å². The lowest BCUT2D eigenvalue weighted by Crippen LogP contribution is -2.41. The highest BCUT2D eigenvalue weighted by Crippen LogP contribution is 2.15. The van der Waals surface area contributed by atoms with Crippen LogP contribution in [0.2, 0.25) is 5.02 Å². The van der Waals surface area contributed by atoms with Gasteiger partial charge >= 0.3 is 0 Å². The van der Waals surface area contributed by atoms with Crippen LogP contribution in [0.15, 0.2) is 29.3 Å². The Balaban J connectivity index is 0.00000364. The van der Waals surface area contributed by atoms with Crippen molar-refractivity contribution in [3.05, 3.63) is 29.3 Å². The molecule has 1 fully saturated rings. The zero-order valence-electron chi connectivity index (χ0n) is 16.1. The van der Waals surface area contributed by atoms with Crippen molar-refractivity contribution in [2.45, 2.75) is 26.2 Å². The van der Waals surface area contributed by atoms with Crippen LogP contribution in [-0.2, 0) is 4.79 Å². The number of nitrogens with one attached hydrogen (secondary N) is 1. The van der Waals surface area contributed by atoms with Gasteiger partial charge in [-0.2, -0.15) is 0 Å². The largest absolute Gasteiger partial charge is 0.492 e. The van der Waals surface area contributed by atoms with E-state index < -0.39 is 0 Å². The van der Waals surface area contributed by atoms with Crippen LogP contribution in [0, 0.1) is 0 Å². The molecule has 0 saturated carbocycles. The van der Waals surface area contributed by atoms with E-state index in [1.807, 2.05) is 36.2 Å². The zero-order valence-corrected chi connectivity index (χ0v) is 19.2. The van der Waals surface area contributed by atoms with Crippen molar-refractivity contribution in [1.82, 2.24) is 15.1 Å². The SMILES string of the molecule is CCNC(=NCCCN1CCCC1=O)N(C)CCOc1ccc(Cl)cc1.I. The maximum Gasteiger partial charge on any atom is 0.222 e. The summed E-state index contributed by atoms with van der Waals surface area (Å²) in [5, 5.41) is 4.00. The molecule has 6 nitrogen and oxygen atoms in total. The van der Waals surface area contributed by atoms with Gasteiger partial charge in [0.2, 0.25) is 5.91 Å². The summed E-state index contributed by atoms with van der Waals surface area (Å²) in [6.45, 7) is 6.54. The molecule has 0 atom stereocenters. The first kappa shape index (κ1) is 23.8. The first-order chi connectivity index (χ1) is 12.6. The molecule has 1 heterocycles. The van der Waals surface area contributed by atoms with Crippen molar-refractivity contribution < 1.29 is 9.53 Å². The van der Waals surface area contributed by atoms with Gasteiger partial charge in [-0.05, 0) is 44.0 Å². The quantitative estimate of drug-likeness (QED) is 0.241. The van der Waals surface area contributed by atoms with Crippen molar-refractivity contribution in [1.29, 1.82) is 0 Å². The van der Waals surface area contributed by atoms with E-state index in [4.69, 9.17) is 16.3 Å². The Bertz CT molecular complexity index is 598. The van der Waals surface area contributed by atoms with Crippen LogP contribution < -0.4 is 10.1 Å². The Morgan fingerprint density at radius 2 is 2.11 bits per heavy atom. The highest BCUT2D eigenvalue weighted by atomic mass is 127. The lowest BCUT2D eigenvalue weighted by molar-refractivity contribution is -0.127. The summed E-state index contributed by atoms with van der Waals surface area (Å²) in [6, 6.07) is 7.36. The number of aliphatic imine (C=N–C) groups is 1. The normalized spacial score (nSPS) is 14.1. The van der Waals surface area contributed by atoms with Gasteiger partial charge in [0, 0.05) is 44.7 Å². The average Bonchev–Trinajstić information content (AvgIpc) is 3.04. The second-order valence-corrected chi connectivity index (χ2v) is 6.73. The molecule has 1 aromatic rings. The third-order valence-corrected chi connectivity index (χ3v) is 4.48. The Labute approximate surface area is 184 Å². The van der Waals surface area contributed by atoms with Gasteiger partial charge in [0.25, 0.3) is 0 Å². The fourth-order valence-electron chi connectivity index (χ4n) is 2.79. The van der Waals surface area contributed by atoms with Gasteiger partial charge in [-0.3, -0.25) is 9.79 Å². The van der Waals surface area contributed by atoms with Crippen molar-refractivity contribution in [2.24, 2.45) is 4.99 Å². The molecule has 8 heteroatoms. The molecule has 1 amide bonds. The molecule has 1 saturated heterocycles. The molecule has 0 aromatic heterocycles. The molecular formula is C19H30ClIN4O2. The Morgan fingerprint density at radius 3 is 2.74 bits per heavy atom. The molecule has 1 aromatic carbocycles. The summed E-state index contributed by atoms with van der Waals surface area (Å²) in [5.41, 5.74) is 0. The molecule has 0 unspecified atom stereocenters. The third kappa shape index (κ3) is 8.55. The molecule has 0 bridgehead atoms. The first-order valence-electron chi connectivity index (χ1n) is 9.25. The summed E-state index contributed by atoms with van der Waals surface area (Å²) < 4.78 is 5.74. The molecule has 0 aliphatic carbocycles. The van der Waals surface area contributed by atoms with Gasteiger partial charge in [-0.15, -0.1) is 24.0 Å². The number of likely N-dealkylation sites (tertiary alicyclic amines) is 1. The molecule has 27 heavy (non-hydrogen) atoms. The molecule has 152 valence electrons. The second kappa shape index (κ2) is 13.0. The number of halogens is 2. The average molecular weight is 509 g/mol. The van der Waals surface area contributed by atoms with E-state index in [0.29, 0.717) is 24.6 Å². The number of amides is 1. The van der Waals surface area contributed by atoms with E-state index in [1.54, 1.807) is 0 Å². The topological polar surface area (TPSA) is 57.2 Å². The molecule has 1 N–H and O–H groups in total. The summed E-state index contributed by atoms with van der Waals surface area (Å²) in [5.74, 6) is 1.94. The number of likely N-dealkylation sites (N-methyl/N-ethyl adjacent to an activating group) is 1. The fraction of sp³-hybridized carbons (Fsp3) is 0.579. The number of carbonyl (C=O) groups is 1. The summed E-state index contributed by atoms with van der Waals surface area (Å²) in [6.07, 6.45) is 2.57. The maximum atomic E-state index is 11.6. The smallest absolute Gasteiger partial charge is 0.222 e. The Hall–Kier alpha value is -1.22. The monoisotopic (exact) mass is 508 g/mol. The van der Waals surface area contributed by atoms with Crippen molar-refractivity contribution in [2.75, 3.05) is 46.4 Å². The van der Waals surface area contributed by atoms with Gasteiger partial charge in [-0.1, -0.05) is 11.6 Å². The van der Waals surface area contributed by atoms with Crippen LogP contribution in [0.4, 0.5) is 0 Å². The van der Waals surface area contributed by atoms with E-state index in [1.165, 1.54) is 0 Å². The number of guanidine groups is 1. The summed E-state index contributed by atoms with van der Waals surface area (Å²) >= 11 is 5.87. The van der Waals surface area contributed by atoms with E-state index in [2.05, 4.69) is 22.1 Å². The third-order valence-electron chi connectivity index (χ3n) is 4.22. The Kier molecular flexibility index (Phi) is 11.5. The summed E-state index contributed by atoms with van der Waals surface area (Å²) in [4.78, 5) is 20.3. The lowest BCUT2D eigenvalue weighted by atomic mass is 10.3. The van der Waals surface area contributed by atoms with Crippen LogP contribution in [-0.4, -0.2) is 68.0 Å². The van der Waals surface area contributed by atoms with Crippen LogP contribution >= 0.6 is 35.6 Å². The van der Waals surface area contributed by atoms with Gasteiger partial charge in [0.15, 0.2) is 5.96 Å². The maximum absolute atomic E-state index is 11.6. The number of hydrogen-bond acceptors (Lipinski definition) is 3. The Morgan fingerprint density at radius 1 is 1.37 bits per heavy atom. The van der Waals surface area contributed by atoms with Crippen molar-refractivity contribution in [3.63, 3.8) is 0 Å². The highest BCUT2D eigenvalue weighted by Gasteiger charge is 2.18. The number of benzene rings is 1. The number of ether oxygens (including phenoxy) is 1. The van der Waals surface area contributed by atoms with Gasteiger partial charge in [0.05, 0.1) is 6.54 Å². The molecule has 1 aliphatic rings. The number of rotatable bonds is 9. The van der Waals surface area contributed by atoms with Crippen LogP contribution in [0.3, 0.4) is 0 Å². The number of nitrogens with zero attached hydrogens (tertiary/aromatic N) is 3. The number of carbonyl (C=O) groups excluding carboxylic acids is 1. The lowest BCUT2D eigenvalue weighted by Gasteiger charge is -2.22. The minimum atomic E-state index is 0. The molecule has 2 rings (SSSR count). The van der Waals surface area contributed by atoms with Crippen LogP contribution in [0.5, 0.6) is 5.75 Å². The zero-order chi connectivity index (χ0) is 18.8. The molecule has 0 spiro atoms. The van der Waals surface area contributed by atoms with E-state index >= 15 is 0 Å². The van der Waals surface area contributed by atoms with Crippen LogP contribution in [0.25, 0.3) is 0 Å². The van der Waals surface area contributed by atoms with E-state index in [0.717, 1.165) is 50.7 Å². The minimum absolute atomic E-state index is 0. The minimum Gasteiger partial charge on any atom is -0.492 e. The summed E-state index contributed by atoms with van der Waals surface area (Å²) in [7, 11) is 2.00. The second-order valence-electron chi connectivity index (χ2n) is 6.30. The van der Waals surface area contributed by atoms with Crippen molar-refractivity contribution in [3.8, 4) is 5.75 Å². The van der Waals surface area contributed by atoms with Gasteiger partial charge in [0.1, 0.15) is 12.4 Å². The van der Waals surface area contributed by atoms with Gasteiger partial charge < -0.3 is 19.9 Å². The predicted molar refractivity (Wildman–Crippen MR) is 121 cm³/mol. The standard InChI is InChI=1S/C19H29ClN4O2.HI/c1-3-21-19(22-11-5-13-24-12-4-6-18(24)25)23(2)14-15-26-17-9-7-16(20)8-10-17;/h7-10H,3-6,11-15H2,1-2H3,(H,21,22);1H. The highest BCUT2D eigenvalue weighted by molar-refractivity contribution is 14.0. The van der Waals surface area contributed by atoms with E-state index in [9.17, 15) is 4.79 Å². The molecule has 0 radical (unpaired) electrons.